The van der Waals surface area contributed by atoms with Gasteiger partial charge in [0.15, 0.2) is 5.82 Å². The van der Waals surface area contributed by atoms with E-state index in [0.717, 1.165) is 58.2 Å². The van der Waals surface area contributed by atoms with Crippen LogP contribution in [-0.2, 0) is 17.6 Å². The number of benzene rings is 1. The number of hydrogen-bond acceptors (Lipinski definition) is 6. The van der Waals surface area contributed by atoms with Gasteiger partial charge >= 0.3 is 5.97 Å². The van der Waals surface area contributed by atoms with Gasteiger partial charge in [0, 0.05) is 28.4 Å². The molecule has 0 saturated heterocycles. The minimum absolute atomic E-state index is 0.0148. The van der Waals surface area contributed by atoms with Crippen LogP contribution in [0.2, 0.25) is 0 Å². The molecule has 1 aromatic carbocycles. The van der Waals surface area contributed by atoms with Crippen molar-refractivity contribution in [1.29, 1.82) is 0 Å². The summed E-state index contributed by atoms with van der Waals surface area (Å²) >= 11 is 1.60. The van der Waals surface area contributed by atoms with E-state index < -0.39 is 5.97 Å². The maximum absolute atomic E-state index is 10.9. The molecule has 1 saturated carbocycles. The molecule has 0 bridgehead atoms. The van der Waals surface area contributed by atoms with E-state index in [1.807, 2.05) is 42.6 Å². The first-order valence-corrected chi connectivity index (χ1v) is 11.6. The number of aliphatic carboxylic acids is 1. The number of nitrogens with one attached hydrogen (secondary N) is 1. The summed E-state index contributed by atoms with van der Waals surface area (Å²) in [6.07, 6.45) is 5.90. The fraction of sp³-hybridized carbons (Fsp3) is 0.375. The highest BCUT2D eigenvalue weighted by molar-refractivity contribution is 7.13. The van der Waals surface area contributed by atoms with Gasteiger partial charge in [0.2, 0.25) is 0 Å². The highest BCUT2D eigenvalue weighted by atomic mass is 32.1. The van der Waals surface area contributed by atoms with E-state index in [1.54, 1.807) is 11.3 Å². The lowest BCUT2D eigenvalue weighted by Crippen LogP contribution is -2.10. The van der Waals surface area contributed by atoms with E-state index in [9.17, 15) is 4.79 Å². The number of anilines is 2. The second-order valence-corrected chi connectivity index (χ2v) is 8.79. The van der Waals surface area contributed by atoms with Gasteiger partial charge < -0.3 is 15.2 Å². The number of hydrogen-bond donors (Lipinski definition) is 2. The number of ether oxygens (including phenoxy) is 1. The van der Waals surface area contributed by atoms with Crippen LogP contribution in [0.4, 0.5) is 11.5 Å². The maximum atomic E-state index is 10.9. The molecule has 7 heteroatoms. The zero-order valence-electron chi connectivity index (χ0n) is 17.9. The Bertz CT molecular complexity index is 1060. The molecular weight excluding hydrogens is 410 g/mol. The average Bonchev–Trinajstić information content (AvgIpc) is 3.41. The molecule has 1 fully saturated rings. The Morgan fingerprint density at radius 3 is 2.65 bits per heavy atom. The first-order valence-electron chi connectivity index (χ1n) is 10.7. The molecule has 2 N–H and O–H groups in total. The fourth-order valence-electron chi connectivity index (χ4n) is 3.95. The zero-order valence-corrected chi connectivity index (χ0v) is 18.7. The summed E-state index contributed by atoms with van der Waals surface area (Å²) in [5, 5.41) is 14.4. The van der Waals surface area contributed by atoms with Crippen LogP contribution >= 0.6 is 11.3 Å². The van der Waals surface area contributed by atoms with Crippen LogP contribution in [0.5, 0.6) is 5.75 Å². The Labute approximate surface area is 186 Å². The van der Waals surface area contributed by atoms with Crippen LogP contribution in [-0.4, -0.2) is 27.1 Å². The van der Waals surface area contributed by atoms with Crippen LogP contribution in [0.25, 0.3) is 10.7 Å². The molecule has 0 aliphatic heterocycles. The van der Waals surface area contributed by atoms with E-state index in [1.165, 1.54) is 12.8 Å². The first-order chi connectivity index (χ1) is 15.0. The summed E-state index contributed by atoms with van der Waals surface area (Å²) in [6, 6.07) is 9.45. The van der Waals surface area contributed by atoms with E-state index in [2.05, 4.69) is 12.2 Å². The molecule has 4 rings (SSSR count). The standard InChI is InChI=1S/C24H27N3O3S/c1-3-20-15(2)25-24(21-13-19(14-31-21)30-18-6-4-5-7-18)27-23(20)26-17-10-8-16(9-11-17)12-22(28)29/h8-11,13-14,18H,3-7,12H2,1-2H3,(H,28,29)(H,25,26,27). The summed E-state index contributed by atoms with van der Waals surface area (Å²) < 4.78 is 6.11. The molecule has 2 aromatic heterocycles. The Morgan fingerprint density at radius 2 is 1.97 bits per heavy atom. The predicted molar refractivity (Wildman–Crippen MR) is 123 cm³/mol. The summed E-state index contributed by atoms with van der Waals surface area (Å²) in [5.74, 6) is 1.53. The fourth-order valence-corrected chi connectivity index (χ4v) is 4.69. The molecule has 0 spiro atoms. The highest BCUT2D eigenvalue weighted by Crippen LogP contribution is 2.34. The smallest absolute Gasteiger partial charge is 0.307 e. The molecule has 0 atom stereocenters. The van der Waals surface area contributed by atoms with Crippen molar-refractivity contribution in [2.45, 2.75) is 58.5 Å². The predicted octanol–water partition coefficient (Wildman–Crippen LogP) is 5.77. The molecule has 1 aliphatic carbocycles. The Kier molecular flexibility index (Phi) is 6.51. The van der Waals surface area contributed by atoms with Gasteiger partial charge in [0.25, 0.3) is 0 Å². The van der Waals surface area contributed by atoms with Crippen LogP contribution in [0.15, 0.2) is 35.7 Å². The Hall–Kier alpha value is -2.93. The number of aromatic nitrogens is 2. The van der Waals surface area contributed by atoms with Crippen molar-refractivity contribution in [2.24, 2.45) is 0 Å². The lowest BCUT2D eigenvalue weighted by molar-refractivity contribution is -0.136. The Balaban J connectivity index is 1.57. The van der Waals surface area contributed by atoms with Crippen LogP contribution in [0.3, 0.4) is 0 Å². The number of carboxylic acid groups (broad SMARTS) is 1. The van der Waals surface area contributed by atoms with Crippen molar-refractivity contribution in [3.8, 4) is 16.5 Å². The van der Waals surface area contributed by atoms with Crippen molar-refractivity contribution in [1.82, 2.24) is 9.97 Å². The van der Waals surface area contributed by atoms with Crippen LogP contribution < -0.4 is 10.1 Å². The van der Waals surface area contributed by atoms with Gasteiger partial charge in [-0.2, -0.15) is 0 Å². The largest absolute Gasteiger partial charge is 0.490 e. The Morgan fingerprint density at radius 1 is 1.23 bits per heavy atom. The number of carbonyl (C=O) groups is 1. The van der Waals surface area contributed by atoms with Crippen LogP contribution in [0, 0.1) is 6.92 Å². The lowest BCUT2D eigenvalue weighted by Gasteiger charge is -2.14. The third-order valence-corrected chi connectivity index (χ3v) is 6.44. The van der Waals surface area contributed by atoms with Gasteiger partial charge in [-0.3, -0.25) is 4.79 Å². The number of aryl methyl sites for hydroxylation is 1. The topological polar surface area (TPSA) is 84.3 Å². The average molecular weight is 438 g/mol. The van der Waals surface area contributed by atoms with Crippen LogP contribution in [0.1, 0.15) is 49.4 Å². The third-order valence-electron chi connectivity index (χ3n) is 5.54. The van der Waals surface area contributed by atoms with Gasteiger partial charge in [-0.05, 0) is 56.7 Å². The molecular formula is C24H27N3O3S. The van der Waals surface area contributed by atoms with E-state index >= 15 is 0 Å². The minimum Gasteiger partial charge on any atom is -0.490 e. The van der Waals surface area contributed by atoms with E-state index in [4.69, 9.17) is 19.8 Å². The summed E-state index contributed by atoms with van der Waals surface area (Å²) in [7, 11) is 0. The van der Waals surface area contributed by atoms with E-state index in [-0.39, 0.29) is 6.42 Å². The molecule has 3 aromatic rings. The number of rotatable bonds is 8. The third kappa shape index (κ3) is 5.22. The molecule has 2 heterocycles. The molecule has 31 heavy (non-hydrogen) atoms. The van der Waals surface area contributed by atoms with Crippen molar-refractivity contribution >= 4 is 28.8 Å². The van der Waals surface area contributed by atoms with Crippen molar-refractivity contribution < 1.29 is 14.6 Å². The first kappa shape index (κ1) is 21.3. The SMILES string of the molecule is CCc1c(C)nc(-c2cc(OC3CCCC3)cs2)nc1Nc1ccc(CC(=O)O)cc1. The molecule has 0 radical (unpaired) electrons. The quantitative estimate of drug-likeness (QED) is 0.465. The number of thiophene rings is 1. The molecule has 0 amide bonds. The summed E-state index contributed by atoms with van der Waals surface area (Å²) in [5.41, 5.74) is 3.65. The second kappa shape index (κ2) is 9.47. The van der Waals surface area contributed by atoms with Crippen molar-refractivity contribution in [2.75, 3.05) is 5.32 Å². The number of carboxylic acids is 1. The minimum atomic E-state index is -0.836. The second-order valence-electron chi connectivity index (χ2n) is 7.88. The molecule has 0 unspecified atom stereocenters. The van der Waals surface area contributed by atoms with Gasteiger partial charge in [-0.1, -0.05) is 19.1 Å². The molecule has 162 valence electrons. The maximum Gasteiger partial charge on any atom is 0.307 e. The summed E-state index contributed by atoms with van der Waals surface area (Å²) in [4.78, 5) is 21.5. The molecule has 6 nitrogen and oxygen atoms in total. The van der Waals surface area contributed by atoms with Gasteiger partial charge in [0.05, 0.1) is 17.4 Å². The zero-order chi connectivity index (χ0) is 21.8. The van der Waals surface area contributed by atoms with E-state index in [0.29, 0.717) is 11.9 Å². The lowest BCUT2D eigenvalue weighted by atomic mass is 10.1. The molecule has 1 aliphatic rings. The normalized spacial score (nSPS) is 14.0. The van der Waals surface area contributed by atoms with Gasteiger partial charge in [-0.25, -0.2) is 9.97 Å². The summed E-state index contributed by atoms with van der Waals surface area (Å²) in [6.45, 7) is 4.10. The number of nitrogens with zero attached hydrogens (tertiary/aromatic N) is 2. The van der Waals surface area contributed by atoms with Gasteiger partial charge in [0.1, 0.15) is 11.6 Å². The van der Waals surface area contributed by atoms with Crippen molar-refractivity contribution in [3.05, 3.63) is 52.5 Å². The van der Waals surface area contributed by atoms with Gasteiger partial charge in [-0.15, -0.1) is 11.3 Å². The monoisotopic (exact) mass is 437 g/mol. The highest BCUT2D eigenvalue weighted by Gasteiger charge is 2.18. The van der Waals surface area contributed by atoms with Crippen molar-refractivity contribution in [3.63, 3.8) is 0 Å².